The largest absolute Gasteiger partial charge is 0.379 e. The summed E-state index contributed by atoms with van der Waals surface area (Å²) in [5.41, 5.74) is 3.22. The molecule has 0 spiro atoms. The number of benzene rings is 2. The van der Waals surface area contributed by atoms with Gasteiger partial charge in [-0.3, -0.25) is 19.4 Å². The molecule has 0 atom stereocenters. The first-order valence-corrected chi connectivity index (χ1v) is 10.4. The number of hydrogen-bond donors (Lipinski definition) is 1. The van der Waals surface area contributed by atoms with Crippen LogP contribution in [0.1, 0.15) is 11.1 Å². The Morgan fingerprint density at radius 2 is 1.60 bits per heavy atom. The van der Waals surface area contributed by atoms with Crippen LogP contribution >= 0.6 is 11.6 Å². The van der Waals surface area contributed by atoms with Crippen molar-refractivity contribution in [1.82, 2.24) is 9.80 Å². The fourth-order valence-electron chi connectivity index (χ4n) is 3.63. The number of imide groups is 1. The zero-order valence-corrected chi connectivity index (χ0v) is 17.6. The van der Waals surface area contributed by atoms with Gasteiger partial charge in [0.1, 0.15) is 5.70 Å². The van der Waals surface area contributed by atoms with Crippen molar-refractivity contribution >= 4 is 34.7 Å². The second kappa shape index (κ2) is 9.00. The summed E-state index contributed by atoms with van der Waals surface area (Å²) in [6.07, 6.45) is 0. The molecule has 2 aliphatic heterocycles. The fourth-order valence-corrected chi connectivity index (χ4v) is 3.75. The second-order valence-electron chi connectivity index (χ2n) is 7.46. The summed E-state index contributed by atoms with van der Waals surface area (Å²) >= 11 is 6.02. The summed E-state index contributed by atoms with van der Waals surface area (Å²) < 4.78 is 5.37. The smallest absolute Gasteiger partial charge is 0.278 e. The Morgan fingerprint density at radius 1 is 0.933 bits per heavy atom. The lowest BCUT2D eigenvalue weighted by molar-refractivity contribution is -0.137. The number of halogens is 1. The van der Waals surface area contributed by atoms with Gasteiger partial charge >= 0.3 is 0 Å². The summed E-state index contributed by atoms with van der Waals surface area (Å²) in [5.74, 6) is -0.594. The number of carbonyl (C=O) groups excluding carboxylic acids is 2. The predicted molar refractivity (Wildman–Crippen MR) is 117 cm³/mol. The van der Waals surface area contributed by atoms with E-state index in [4.69, 9.17) is 16.3 Å². The SMILES string of the molecule is Cc1ccc(NC2=C(c3ccc(Cl)cc3)C(=O)N(CCN3CCOCC3)C2=O)cc1. The molecule has 4 rings (SSSR count). The van der Waals surface area contributed by atoms with Gasteiger partial charge in [0.15, 0.2) is 0 Å². The molecule has 7 heteroatoms. The number of rotatable bonds is 6. The standard InChI is InChI=1S/C23H24ClN3O3/c1-16-2-8-19(9-3-16)25-21-20(17-4-6-18(24)7-5-17)22(28)27(23(21)29)11-10-26-12-14-30-15-13-26/h2-9,25H,10-15H2,1H3. The zero-order chi connectivity index (χ0) is 21.1. The number of anilines is 1. The first-order chi connectivity index (χ1) is 14.5. The topological polar surface area (TPSA) is 61.9 Å². The van der Waals surface area contributed by atoms with Crippen LogP contribution < -0.4 is 5.32 Å². The van der Waals surface area contributed by atoms with E-state index in [2.05, 4.69) is 10.2 Å². The van der Waals surface area contributed by atoms with Gasteiger partial charge in [0.2, 0.25) is 0 Å². The van der Waals surface area contributed by atoms with Crippen molar-refractivity contribution in [2.75, 3.05) is 44.7 Å². The van der Waals surface area contributed by atoms with Crippen LogP contribution in [-0.2, 0) is 14.3 Å². The first kappa shape index (κ1) is 20.6. The number of amides is 2. The molecule has 2 aromatic carbocycles. The molecule has 30 heavy (non-hydrogen) atoms. The average Bonchev–Trinajstić information content (AvgIpc) is 2.99. The molecule has 0 unspecified atom stereocenters. The molecule has 2 aromatic rings. The van der Waals surface area contributed by atoms with Gasteiger partial charge in [-0.05, 0) is 36.8 Å². The van der Waals surface area contributed by atoms with Crippen molar-refractivity contribution in [3.05, 3.63) is 70.4 Å². The molecule has 0 bridgehead atoms. The van der Waals surface area contributed by atoms with Gasteiger partial charge in [-0.15, -0.1) is 0 Å². The van der Waals surface area contributed by atoms with Crippen molar-refractivity contribution in [1.29, 1.82) is 0 Å². The first-order valence-electron chi connectivity index (χ1n) is 10.0. The van der Waals surface area contributed by atoms with Gasteiger partial charge < -0.3 is 10.1 Å². The molecule has 1 fully saturated rings. The molecule has 1 saturated heterocycles. The lowest BCUT2D eigenvalue weighted by Gasteiger charge is -2.28. The van der Waals surface area contributed by atoms with Gasteiger partial charge in [0, 0.05) is 36.9 Å². The van der Waals surface area contributed by atoms with Gasteiger partial charge in [-0.2, -0.15) is 0 Å². The van der Waals surface area contributed by atoms with Crippen molar-refractivity contribution in [3.63, 3.8) is 0 Å². The lowest BCUT2D eigenvalue weighted by Crippen LogP contribution is -2.43. The molecular weight excluding hydrogens is 402 g/mol. The Balaban J connectivity index is 1.61. The van der Waals surface area contributed by atoms with Crippen LogP contribution in [0.15, 0.2) is 54.2 Å². The Bertz CT molecular complexity index is 964. The van der Waals surface area contributed by atoms with E-state index >= 15 is 0 Å². The maximum absolute atomic E-state index is 13.3. The molecule has 0 radical (unpaired) electrons. The van der Waals surface area contributed by atoms with Crippen LogP contribution in [0, 0.1) is 6.92 Å². The molecule has 0 aromatic heterocycles. The Morgan fingerprint density at radius 3 is 2.27 bits per heavy atom. The summed E-state index contributed by atoms with van der Waals surface area (Å²) in [4.78, 5) is 30.0. The lowest BCUT2D eigenvalue weighted by atomic mass is 10.0. The maximum Gasteiger partial charge on any atom is 0.278 e. The van der Waals surface area contributed by atoms with E-state index in [-0.39, 0.29) is 11.8 Å². The van der Waals surface area contributed by atoms with E-state index in [1.165, 1.54) is 4.90 Å². The third-order valence-corrected chi connectivity index (χ3v) is 5.62. The van der Waals surface area contributed by atoms with Crippen LogP contribution in [0.2, 0.25) is 5.02 Å². The molecule has 156 valence electrons. The minimum absolute atomic E-state index is 0.287. The summed E-state index contributed by atoms with van der Waals surface area (Å²) in [7, 11) is 0. The van der Waals surface area contributed by atoms with E-state index in [0.29, 0.717) is 48.2 Å². The minimum Gasteiger partial charge on any atom is -0.379 e. The van der Waals surface area contributed by atoms with Crippen molar-refractivity contribution in [2.45, 2.75) is 6.92 Å². The highest BCUT2D eigenvalue weighted by Gasteiger charge is 2.39. The van der Waals surface area contributed by atoms with Crippen LogP contribution in [-0.4, -0.2) is 61.0 Å². The Kier molecular flexibility index (Phi) is 6.18. The highest BCUT2D eigenvalue weighted by Crippen LogP contribution is 2.31. The molecule has 0 saturated carbocycles. The van der Waals surface area contributed by atoms with E-state index in [9.17, 15) is 9.59 Å². The van der Waals surface area contributed by atoms with Crippen molar-refractivity contribution in [3.8, 4) is 0 Å². The third kappa shape index (κ3) is 4.41. The van der Waals surface area contributed by atoms with E-state index < -0.39 is 0 Å². The predicted octanol–water partition coefficient (Wildman–Crippen LogP) is 3.17. The number of nitrogens with zero attached hydrogens (tertiary/aromatic N) is 2. The third-order valence-electron chi connectivity index (χ3n) is 5.37. The highest BCUT2D eigenvalue weighted by molar-refractivity contribution is 6.36. The maximum atomic E-state index is 13.3. The van der Waals surface area contributed by atoms with Gasteiger partial charge in [0.25, 0.3) is 11.8 Å². The van der Waals surface area contributed by atoms with Gasteiger partial charge in [-0.1, -0.05) is 41.4 Å². The van der Waals surface area contributed by atoms with Crippen LogP contribution in [0.5, 0.6) is 0 Å². The second-order valence-corrected chi connectivity index (χ2v) is 7.90. The average molecular weight is 426 g/mol. The number of ether oxygens (including phenoxy) is 1. The van der Waals surface area contributed by atoms with E-state index in [0.717, 1.165) is 24.3 Å². The highest BCUT2D eigenvalue weighted by atomic mass is 35.5. The van der Waals surface area contributed by atoms with Crippen LogP contribution in [0.3, 0.4) is 0 Å². The van der Waals surface area contributed by atoms with E-state index in [1.54, 1.807) is 24.3 Å². The molecule has 2 aliphatic rings. The molecule has 1 N–H and O–H groups in total. The van der Waals surface area contributed by atoms with Gasteiger partial charge in [-0.25, -0.2) is 0 Å². The number of hydrogen-bond acceptors (Lipinski definition) is 5. The van der Waals surface area contributed by atoms with Crippen molar-refractivity contribution in [2.24, 2.45) is 0 Å². The van der Waals surface area contributed by atoms with Crippen LogP contribution in [0.4, 0.5) is 5.69 Å². The molecule has 2 heterocycles. The molecule has 6 nitrogen and oxygen atoms in total. The quantitative estimate of drug-likeness (QED) is 0.720. The van der Waals surface area contributed by atoms with E-state index in [1.807, 2.05) is 31.2 Å². The fraction of sp³-hybridized carbons (Fsp3) is 0.304. The molecule has 2 amide bonds. The Hall–Kier alpha value is -2.67. The van der Waals surface area contributed by atoms with Crippen molar-refractivity contribution < 1.29 is 14.3 Å². The summed E-state index contributed by atoms with van der Waals surface area (Å²) in [5, 5.41) is 3.76. The summed E-state index contributed by atoms with van der Waals surface area (Å²) in [6.45, 7) is 5.94. The molecule has 0 aliphatic carbocycles. The molecular formula is C23H24ClN3O3. The number of morpholine rings is 1. The zero-order valence-electron chi connectivity index (χ0n) is 16.9. The minimum atomic E-state index is -0.307. The van der Waals surface area contributed by atoms with Gasteiger partial charge in [0.05, 0.1) is 18.8 Å². The number of nitrogens with one attached hydrogen (secondary N) is 1. The monoisotopic (exact) mass is 425 g/mol. The number of carbonyl (C=O) groups is 2. The number of aryl methyl sites for hydroxylation is 1. The Labute approximate surface area is 181 Å². The summed E-state index contributed by atoms with van der Waals surface area (Å²) in [6, 6.07) is 14.7. The normalized spacial score (nSPS) is 17.7. The van der Waals surface area contributed by atoms with Crippen LogP contribution in [0.25, 0.3) is 5.57 Å².